The van der Waals surface area contributed by atoms with Crippen LogP contribution >= 0.6 is 12.6 Å². The Morgan fingerprint density at radius 3 is 2.12 bits per heavy atom. The molecule has 2 heterocycles. The quantitative estimate of drug-likeness (QED) is 0.679. The van der Waals surface area contributed by atoms with Crippen molar-refractivity contribution in [2.24, 2.45) is 5.92 Å². The summed E-state index contributed by atoms with van der Waals surface area (Å²) in [6.45, 7) is 5.99. The minimum atomic E-state index is -0.360. The van der Waals surface area contributed by atoms with Crippen molar-refractivity contribution in [3.05, 3.63) is 66.2 Å². The molecule has 2 saturated heterocycles. The van der Waals surface area contributed by atoms with Crippen molar-refractivity contribution in [3.63, 3.8) is 0 Å². The lowest BCUT2D eigenvalue weighted by Crippen LogP contribution is -2.59. The van der Waals surface area contributed by atoms with Gasteiger partial charge >= 0.3 is 0 Å². The van der Waals surface area contributed by atoms with Gasteiger partial charge in [-0.25, -0.2) is 0 Å². The van der Waals surface area contributed by atoms with Crippen molar-refractivity contribution in [2.75, 3.05) is 20.2 Å². The Bertz CT molecular complexity index is 884. The molecule has 0 aliphatic carbocycles. The summed E-state index contributed by atoms with van der Waals surface area (Å²) >= 11 is 3.93. The molecule has 2 aromatic carbocycles. The Hall–Kier alpha value is -2.51. The van der Waals surface area contributed by atoms with Gasteiger partial charge in [-0.2, -0.15) is 0 Å². The highest BCUT2D eigenvalue weighted by atomic mass is 32.1. The fraction of sp³-hybridized carbons (Fsp3) is 0.440. The molecule has 0 bridgehead atoms. The van der Waals surface area contributed by atoms with Gasteiger partial charge in [0.1, 0.15) is 5.75 Å². The number of ether oxygens (including phenoxy) is 1. The van der Waals surface area contributed by atoms with E-state index in [1.54, 1.807) is 12.0 Å². The smallest absolute Gasteiger partial charge is 0.278 e. The van der Waals surface area contributed by atoms with Crippen LogP contribution in [0.1, 0.15) is 32.3 Å². The lowest BCUT2D eigenvalue weighted by Gasteiger charge is -2.44. The first-order valence-corrected chi connectivity index (χ1v) is 11.5. The summed E-state index contributed by atoms with van der Waals surface area (Å²) in [5.41, 5.74) is 0.769. The number of nitrogens with zero attached hydrogens (tertiary/aromatic N) is 2. The van der Waals surface area contributed by atoms with Gasteiger partial charge < -0.3 is 14.5 Å². The zero-order valence-electron chi connectivity index (χ0n) is 19.0. The van der Waals surface area contributed by atoms with Gasteiger partial charge in [0, 0.05) is 32.5 Å². The first kappa shape index (κ1) is 24.1. The van der Waals surface area contributed by atoms with Gasteiger partial charge in [0.25, 0.3) is 5.24 Å². The number of amides is 2. The van der Waals surface area contributed by atoms with Crippen LogP contribution in [0.15, 0.2) is 60.7 Å². The maximum atomic E-state index is 13.0. The Balaban J connectivity index is 0.000000305. The molecule has 1 spiro atoms. The van der Waals surface area contributed by atoms with E-state index in [0.29, 0.717) is 19.6 Å². The Morgan fingerprint density at radius 1 is 1.09 bits per heavy atom. The summed E-state index contributed by atoms with van der Waals surface area (Å²) in [6, 6.07) is 19.6. The summed E-state index contributed by atoms with van der Waals surface area (Å²) in [5, 5.41) is 3.41. The predicted octanol–water partition coefficient (Wildman–Crippen LogP) is 4.18. The average molecular weight is 456 g/mol. The van der Waals surface area contributed by atoms with E-state index in [4.69, 9.17) is 4.74 Å². The van der Waals surface area contributed by atoms with Gasteiger partial charge in [-0.1, -0.05) is 75.0 Å². The van der Waals surface area contributed by atoms with Crippen molar-refractivity contribution in [2.45, 2.75) is 44.9 Å². The zero-order valence-corrected chi connectivity index (χ0v) is 19.9. The van der Waals surface area contributed by atoms with Crippen LogP contribution in [0, 0.1) is 5.92 Å². The molecular formula is C25H33N3O3S. The number of benzene rings is 2. The lowest BCUT2D eigenvalue weighted by atomic mass is 9.95. The molecular weight excluding hydrogens is 422 g/mol. The highest BCUT2D eigenvalue weighted by Gasteiger charge is 2.52. The van der Waals surface area contributed by atoms with Crippen LogP contribution in [-0.4, -0.2) is 52.9 Å². The van der Waals surface area contributed by atoms with Crippen molar-refractivity contribution in [1.29, 1.82) is 0 Å². The number of para-hydroxylation sites is 1. The summed E-state index contributed by atoms with van der Waals surface area (Å²) in [6.07, 6.45) is 1.47. The summed E-state index contributed by atoms with van der Waals surface area (Å²) in [4.78, 5) is 28.2. The topological polar surface area (TPSA) is 61.9 Å². The minimum Gasteiger partial charge on any atom is -0.497 e. The normalized spacial score (nSPS) is 19.7. The van der Waals surface area contributed by atoms with Gasteiger partial charge in [-0.15, -0.1) is 0 Å². The highest BCUT2D eigenvalue weighted by Crippen LogP contribution is 2.35. The number of carbonyl (C=O) groups excluding carboxylic acids is 2. The number of rotatable bonds is 4. The van der Waals surface area contributed by atoms with Crippen molar-refractivity contribution >= 4 is 23.8 Å². The number of carbonyl (C=O) groups is 2. The van der Waals surface area contributed by atoms with Gasteiger partial charge in [0.15, 0.2) is 0 Å². The average Bonchev–Trinajstić information content (AvgIpc) is 3.07. The standard InChI is InChI=1S/C18H25N3O2S.C7H8O/c1-13(2)15-16(22)21(12-14-6-4-3-5-7-14)18(19-15)8-10-20(11-9-18)17(23)24;1-8-7-5-3-2-4-6-7/h3-7,13,15,19H,8-12H2,1-2H3,(H,23,24);2-6H,1H3. The van der Waals surface area contributed by atoms with E-state index in [1.807, 2.05) is 53.4 Å². The van der Waals surface area contributed by atoms with Crippen LogP contribution in [0.4, 0.5) is 4.79 Å². The van der Waals surface area contributed by atoms with Crippen molar-refractivity contribution in [3.8, 4) is 5.75 Å². The van der Waals surface area contributed by atoms with Gasteiger partial charge in [0.2, 0.25) is 5.91 Å². The molecule has 2 amide bonds. The second kappa shape index (κ2) is 10.9. The number of hydrogen-bond donors (Lipinski definition) is 2. The monoisotopic (exact) mass is 455 g/mol. The molecule has 32 heavy (non-hydrogen) atoms. The molecule has 0 saturated carbocycles. The molecule has 0 aromatic heterocycles. The number of piperidine rings is 1. The van der Waals surface area contributed by atoms with E-state index >= 15 is 0 Å². The maximum Gasteiger partial charge on any atom is 0.278 e. The number of likely N-dealkylation sites (tertiary alicyclic amines) is 1. The molecule has 2 aliphatic rings. The lowest BCUT2D eigenvalue weighted by molar-refractivity contribution is -0.134. The Morgan fingerprint density at radius 2 is 1.66 bits per heavy atom. The summed E-state index contributed by atoms with van der Waals surface area (Å²) < 4.78 is 4.91. The number of methoxy groups -OCH3 is 1. The molecule has 2 fully saturated rings. The Labute approximate surface area is 196 Å². The zero-order chi connectivity index (χ0) is 23.1. The second-order valence-corrected chi connectivity index (χ2v) is 8.98. The van der Waals surface area contributed by atoms with E-state index in [9.17, 15) is 9.59 Å². The number of hydrogen-bond acceptors (Lipinski definition) is 4. The molecule has 0 radical (unpaired) electrons. The molecule has 6 nitrogen and oxygen atoms in total. The third-order valence-corrected chi connectivity index (χ3v) is 6.45. The predicted molar refractivity (Wildman–Crippen MR) is 130 cm³/mol. The molecule has 7 heteroatoms. The van der Waals surface area contributed by atoms with Crippen LogP contribution in [0.5, 0.6) is 5.75 Å². The molecule has 1 N–H and O–H groups in total. The molecule has 2 aliphatic heterocycles. The Kier molecular flexibility index (Phi) is 8.21. The van der Waals surface area contributed by atoms with Crippen LogP contribution < -0.4 is 10.1 Å². The van der Waals surface area contributed by atoms with Crippen LogP contribution in [-0.2, 0) is 11.3 Å². The highest BCUT2D eigenvalue weighted by molar-refractivity contribution is 7.96. The maximum absolute atomic E-state index is 13.0. The number of nitrogens with one attached hydrogen (secondary N) is 1. The van der Waals surface area contributed by atoms with Crippen LogP contribution in [0.2, 0.25) is 0 Å². The van der Waals surface area contributed by atoms with E-state index in [2.05, 4.69) is 43.9 Å². The third kappa shape index (κ3) is 5.64. The van der Waals surface area contributed by atoms with E-state index in [-0.39, 0.29) is 28.8 Å². The first-order chi connectivity index (χ1) is 15.4. The molecule has 4 rings (SSSR count). The minimum absolute atomic E-state index is 0.160. The van der Waals surface area contributed by atoms with E-state index in [1.165, 1.54) is 0 Å². The number of thiol groups is 1. The van der Waals surface area contributed by atoms with Gasteiger partial charge in [-0.05, 0) is 23.6 Å². The van der Waals surface area contributed by atoms with Gasteiger partial charge in [-0.3, -0.25) is 14.9 Å². The van der Waals surface area contributed by atoms with Crippen molar-refractivity contribution in [1.82, 2.24) is 15.1 Å². The van der Waals surface area contributed by atoms with Crippen molar-refractivity contribution < 1.29 is 14.3 Å². The first-order valence-electron chi connectivity index (χ1n) is 11.1. The van der Waals surface area contributed by atoms with Crippen LogP contribution in [0.3, 0.4) is 0 Å². The molecule has 172 valence electrons. The molecule has 1 unspecified atom stereocenters. The largest absolute Gasteiger partial charge is 0.497 e. The molecule has 1 atom stereocenters. The fourth-order valence-corrected chi connectivity index (χ4v) is 4.49. The van der Waals surface area contributed by atoms with E-state index in [0.717, 1.165) is 24.2 Å². The fourth-order valence-electron chi connectivity index (χ4n) is 4.29. The third-order valence-electron chi connectivity index (χ3n) is 6.16. The molecule has 2 aromatic rings. The van der Waals surface area contributed by atoms with E-state index < -0.39 is 0 Å². The summed E-state index contributed by atoms with van der Waals surface area (Å²) in [7, 11) is 1.66. The summed E-state index contributed by atoms with van der Waals surface area (Å²) in [5.74, 6) is 1.31. The second-order valence-electron chi connectivity index (χ2n) is 8.59. The van der Waals surface area contributed by atoms with Gasteiger partial charge in [0.05, 0.1) is 18.8 Å². The SMILES string of the molecule is CC(C)C1NC2(CCN(C(=O)S)CC2)N(Cc2ccccc2)C1=O.COc1ccccc1. The van der Waals surface area contributed by atoms with Crippen LogP contribution in [0.25, 0.3) is 0 Å².